The number of Topliss-reactive ketones (excluding diaryl/α,β-unsaturated/α-hetero) is 1. The molecule has 0 aromatic carbocycles. The van der Waals surface area contributed by atoms with Crippen molar-refractivity contribution in [2.75, 3.05) is 20.1 Å². The van der Waals surface area contributed by atoms with E-state index >= 15 is 0 Å². The molecule has 5 amide bonds. The third-order valence-corrected chi connectivity index (χ3v) is 14.8. The van der Waals surface area contributed by atoms with E-state index in [0.717, 1.165) is 56.3 Å². The molecule has 4 fully saturated rings. The normalized spacial score (nSPS) is 27.9. The summed E-state index contributed by atoms with van der Waals surface area (Å²) in [5.74, 6) is -2.16. The number of carbonyl (C=O) groups excluding carboxylic acids is 5. The summed E-state index contributed by atoms with van der Waals surface area (Å²) in [5, 5.41) is 13.2. The predicted molar refractivity (Wildman–Crippen MR) is 199 cm³/mol. The molecular formula is C37H58N6O7S2. The predicted octanol–water partition coefficient (Wildman–Crippen LogP) is 3.79. The molecule has 13 nitrogen and oxygen atoms in total. The lowest BCUT2D eigenvalue weighted by Crippen LogP contribution is -2.60. The first kappa shape index (κ1) is 40.2. The first-order valence-electron chi connectivity index (χ1n) is 19.0. The number of sulfonamides is 1. The molecule has 4 N–H and O–H groups in total. The number of nitrogens with zero attached hydrogens (tertiary/aromatic N) is 2. The fourth-order valence-corrected chi connectivity index (χ4v) is 10.2. The Morgan fingerprint density at radius 3 is 2.23 bits per heavy atom. The van der Waals surface area contributed by atoms with Crippen LogP contribution in [0.1, 0.15) is 105 Å². The van der Waals surface area contributed by atoms with Crippen LogP contribution < -0.4 is 21.3 Å². The summed E-state index contributed by atoms with van der Waals surface area (Å²) in [5.41, 5.74) is -0.715. The fourth-order valence-electron chi connectivity index (χ4n) is 7.83. The third-order valence-electron chi connectivity index (χ3n) is 11.6. The molecule has 0 unspecified atom stereocenters. The van der Waals surface area contributed by atoms with Gasteiger partial charge in [-0.1, -0.05) is 85.6 Å². The minimum absolute atomic E-state index is 0.00907. The largest absolute Gasteiger partial charge is 0.347 e. The van der Waals surface area contributed by atoms with E-state index in [0.29, 0.717) is 32.2 Å². The zero-order valence-corrected chi connectivity index (χ0v) is 33.2. The monoisotopic (exact) mass is 762 g/mol. The summed E-state index contributed by atoms with van der Waals surface area (Å²) in [4.78, 5) is 70.0. The van der Waals surface area contributed by atoms with Gasteiger partial charge in [-0.3, -0.25) is 19.2 Å². The van der Waals surface area contributed by atoms with Crippen molar-refractivity contribution in [3.8, 4) is 0 Å². The zero-order chi connectivity index (χ0) is 38.0. The number of ketones is 1. The van der Waals surface area contributed by atoms with Crippen molar-refractivity contribution >= 4 is 50.9 Å². The highest BCUT2D eigenvalue weighted by molar-refractivity contribution is 7.91. The number of likely N-dealkylation sites (N-methyl/N-ethyl adjacent to an activating group) is 1. The first-order valence-corrected chi connectivity index (χ1v) is 21.3. The summed E-state index contributed by atoms with van der Waals surface area (Å²) in [6.45, 7) is 10.3. The maximum absolute atomic E-state index is 14.4. The summed E-state index contributed by atoms with van der Waals surface area (Å²) < 4.78 is 27.9. The molecule has 1 aromatic rings. The van der Waals surface area contributed by atoms with E-state index in [-0.39, 0.29) is 40.0 Å². The van der Waals surface area contributed by atoms with Crippen molar-refractivity contribution in [2.24, 2.45) is 22.7 Å². The summed E-state index contributed by atoms with van der Waals surface area (Å²) in [7, 11) is -2.27. The molecule has 52 heavy (non-hydrogen) atoms. The summed E-state index contributed by atoms with van der Waals surface area (Å²) in [6.07, 6.45) is 8.44. The lowest BCUT2D eigenvalue weighted by molar-refractivity contribution is -0.144. The topological polar surface area (TPSA) is 174 Å². The van der Waals surface area contributed by atoms with Crippen molar-refractivity contribution in [3.05, 3.63) is 17.5 Å². The van der Waals surface area contributed by atoms with Crippen LogP contribution >= 0.6 is 11.3 Å². The van der Waals surface area contributed by atoms with E-state index in [9.17, 15) is 32.4 Å². The minimum Gasteiger partial charge on any atom is -0.347 e. The van der Waals surface area contributed by atoms with E-state index in [4.69, 9.17) is 0 Å². The maximum Gasteiger partial charge on any atom is 0.315 e. The maximum atomic E-state index is 14.4. The Morgan fingerprint density at radius 2 is 1.63 bits per heavy atom. The van der Waals surface area contributed by atoms with Crippen LogP contribution in [0.5, 0.6) is 0 Å². The molecule has 3 heterocycles. The van der Waals surface area contributed by atoms with Crippen LogP contribution in [-0.2, 0) is 29.2 Å². The number of thiophene rings is 1. The van der Waals surface area contributed by atoms with Gasteiger partial charge in [0.2, 0.25) is 17.6 Å². The number of fused-ring (bicyclic) bond motifs is 3. The quantitative estimate of drug-likeness (QED) is 0.277. The number of amides is 5. The third kappa shape index (κ3) is 9.36. The molecule has 2 aliphatic carbocycles. The van der Waals surface area contributed by atoms with Gasteiger partial charge in [-0.15, -0.1) is 11.3 Å². The highest BCUT2D eigenvalue weighted by Gasteiger charge is 2.69. The Balaban J connectivity index is 1.34. The van der Waals surface area contributed by atoms with Crippen molar-refractivity contribution in [2.45, 2.75) is 140 Å². The smallest absolute Gasteiger partial charge is 0.315 e. The molecule has 0 radical (unpaired) electrons. The lowest BCUT2D eigenvalue weighted by atomic mass is 9.86. The number of nitrogens with one attached hydrogen (secondary N) is 4. The molecule has 4 aliphatic rings. The Labute approximate surface area is 312 Å². The minimum atomic E-state index is -3.76. The van der Waals surface area contributed by atoms with Crippen LogP contribution in [0.25, 0.3) is 0 Å². The number of hydrogen-bond donors (Lipinski definition) is 4. The van der Waals surface area contributed by atoms with Gasteiger partial charge < -0.3 is 26.2 Å². The molecule has 15 heteroatoms. The van der Waals surface area contributed by atoms with Gasteiger partial charge in [0.25, 0.3) is 15.9 Å². The van der Waals surface area contributed by atoms with Crippen LogP contribution in [0.3, 0.4) is 0 Å². The van der Waals surface area contributed by atoms with Gasteiger partial charge in [0.05, 0.1) is 6.04 Å². The molecule has 290 valence electrons. The van der Waals surface area contributed by atoms with Gasteiger partial charge in [-0.2, -0.15) is 4.31 Å². The standard InChI is InChI=1S/C37H58N6O7S2/c1-36(2,3)27(22-42(6)52(49,50)28-17-14-20-51-28)41-35(48)40-26-16-13-11-9-7-8-10-12-15-25(31(44)33(46)38-23-18-19-23)39-32(45)30-29-24(37(29,4)5)21-43(30)34(26)47/h14,17,20,23-27,29-30H,7-13,15-16,18-19,21-22H2,1-6H3,(H,38,46)(H,39,45)(H2,40,41,48)/t24-,25+,26+,27+,29-,30-/m0/s1. The molecule has 2 saturated heterocycles. The molecule has 2 aliphatic heterocycles. The highest BCUT2D eigenvalue weighted by Crippen LogP contribution is 2.65. The van der Waals surface area contributed by atoms with Crippen molar-refractivity contribution in [3.63, 3.8) is 0 Å². The van der Waals surface area contributed by atoms with Crippen LogP contribution in [0.4, 0.5) is 4.79 Å². The van der Waals surface area contributed by atoms with Gasteiger partial charge in [-0.05, 0) is 59.8 Å². The van der Waals surface area contributed by atoms with E-state index in [2.05, 4.69) is 35.1 Å². The molecule has 2 saturated carbocycles. The number of rotatable bonds is 9. The second-order valence-corrected chi connectivity index (χ2v) is 20.1. The Hall–Kier alpha value is -3.04. The van der Waals surface area contributed by atoms with Gasteiger partial charge in [0.15, 0.2) is 0 Å². The van der Waals surface area contributed by atoms with Gasteiger partial charge in [0.1, 0.15) is 16.3 Å². The summed E-state index contributed by atoms with van der Waals surface area (Å²) in [6, 6.07) is -0.692. The number of piperidine rings is 1. The Morgan fingerprint density at radius 1 is 1.00 bits per heavy atom. The van der Waals surface area contributed by atoms with E-state index in [1.807, 2.05) is 20.8 Å². The Bertz CT molecular complexity index is 1590. The highest BCUT2D eigenvalue weighted by atomic mass is 32.2. The fraction of sp³-hybridized carbons (Fsp3) is 0.757. The molecule has 6 atom stereocenters. The molecular weight excluding hydrogens is 705 g/mol. The molecule has 1 aromatic heterocycles. The second-order valence-electron chi connectivity index (χ2n) is 16.9. The zero-order valence-electron chi connectivity index (χ0n) is 31.5. The van der Waals surface area contributed by atoms with Gasteiger partial charge in [0, 0.05) is 32.2 Å². The first-order chi connectivity index (χ1) is 24.4. The second kappa shape index (κ2) is 16.1. The Kier molecular flexibility index (Phi) is 12.5. The average Bonchev–Trinajstić information content (AvgIpc) is 3.75. The number of urea groups is 1. The molecule has 0 spiro atoms. The number of carbonyl (C=O) groups is 5. The van der Waals surface area contributed by atoms with Gasteiger partial charge in [-0.25, -0.2) is 13.2 Å². The van der Waals surface area contributed by atoms with Gasteiger partial charge >= 0.3 is 6.03 Å². The van der Waals surface area contributed by atoms with E-state index < -0.39 is 63.2 Å². The SMILES string of the molecule is CN(C[C@@H](NC(=O)N[C@@H]1CCCCCCCCC[C@H](C(=O)C(=O)NC2CC2)NC(=O)[C@@H]2[C@@H]3[C@H](CN2C1=O)C3(C)C)C(C)(C)C)S(=O)(=O)c1cccs1. The van der Waals surface area contributed by atoms with E-state index in [1.165, 1.54) is 11.4 Å². The molecule has 0 bridgehead atoms. The van der Waals surface area contributed by atoms with Crippen molar-refractivity contribution in [1.29, 1.82) is 0 Å². The number of hydrogen-bond acceptors (Lipinski definition) is 8. The van der Waals surface area contributed by atoms with Crippen molar-refractivity contribution < 1.29 is 32.4 Å². The van der Waals surface area contributed by atoms with Crippen LogP contribution in [0, 0.1) is 22.7 Å². The van der Waals surface area contributed by atoms with Crippen LogP contribution in [-0.4, -0.2) is 97.5 Å². The van der Waals surface area contributed by atoms with Crippen molar-refractivity contribution in [1.82, 2.24) is 30.5 Å². The molecule has 5 rings (SSSR count). The van der Waals surface area contributed by atoms with Crippen LogP contribution in [0.2, 0.25) is 0 Å². The average molecular weight is 763 g/mol. The van der Waals surface area contributed by atoms with Crippen LogP contribution in [0.15, 0.2) is 21.7 Å². The lowest BCUT2D eigenvalue weighted by Gasteiger charge is -2.36. The summed E-state index contributed by atoms with van der Waals surface area (Å²) >= 11 is 1.13. The van der Waals surface area contributed by atoms with E-state index in [1.54, 1.807) is 22.4 Å².